The average molecular weight is 198 g/mol. The Bertz CT molecular complexity index is 207. The highest BCUT2D eigenvalue weighted by Gasteiger charge is 2.31. The van der Waals surface area contributed by atoms with Crippen LogP contribution in [0.4, 0.5) is 0 Å². The zero-order valence-corrected chi connectivity index (χ0v) is 8.45. The molecule has 2 N–H and O–H groups in total. The van der Waals surface area contributed by atoms with Crippen LogP contribution in [0, 0.1) is 5.92 Å². The van der Waals surface area contributed by atoms with Crippen molar-refractivity contribution >= 4 is 5.91 Å². The van der Waals surface area contributed by atoms with Gasteiger partial charge in [0, 0.05) is 25.0 Å². The van der Waals surface area contributed by atoms with Gasteiger partial charge in [-0.3, -0.25) is 4.79 Å². The molecule has 1 heterocycles. The van der Waals surface area contributed by atoms with Crippen LogP contribution in [0.1, 0.15) is 19.3 Å². The topological polar surface area (TPSA) is 55.6 Å². The monoisotopic (exact) mass is 198 g/mol. The summed E-state index contributed by atoms with van der Waals surface area (Å²) in [6.45, 7) is 2.88. The number of hydrogen-bond acceptors (Lipinski definition) is 3. The Balaban J connectivity index is 1.87. The van der Waals surface area contributed by atoms with Crippen LogP contribution < -0.4 is 5.73 Å². The molecule has 4 heteroatoms. The summed E-state index contributed by atoms with van der Waals surface area (Å²) in [6.07, 6.45) is 2.84. The van der Waals surface area contributed by atoms with Gasteiger partial charge in [-0.25, -0.2) is 0 Å². The zero-order chi connectivity index (χ0) is 9.97. The van der Waals surface area contributed by atoms with Gasteiger partial charge in [-0.15, -0.1) is 0 Å². The molecular formula is C10H18N2O2. The average Bonchev–Trinajstić information content (AvgIpc) is 2.65. The van der Waals surface area contributed by atoms with Gasteiger partial charge in [0.1, 0.15) is 0 Å². The fraction of sp³-hybridized carbons (Fsp3) is 0.900. The van der Waals surface area contributed by atoms with Gasteiger partial charge in [0.05, 0.1) is 13.2 Å². The van der Waals surface area contributed by atoms with Crippen molar-refractivity contribution in [2.75, 3.05) is 26.3 Å². The molecule has 1 aliphatic carbocycles. The molecule has 1 aliphatic heterocycles. The number of hydrogen-bond donors (Lipinski definition) is 1. The van der Waals surface area contributed by atoms with Gasteiger partial charge in [0.25, 0.3) is 0 Å². The van der Waals surface area contributed by atoms with E-state index < -0.39 is 0 Å². The van der Waals surface area contributed by atoms with Crippen molar-refractivity contribution in [2.24, 2.45) is 11.7 Å². The van der Waals surface area contributed by atoms with Crippen LogP contribution >= 0.6 is 0 Å². The number of nitrogens with two attached hydrogens (primary N) is 1. The molecule has 1 saturated heterocycles. The Hall–Kier alpha value is -0.610. The van der Waals surface area contributed by atoms with Gasteiger partial charge in [0.2, 0.25) is 5.91 Å². The standard InChI is InChI=1S/C10H18N2O2/c11-9-2-1-8(7-9)10(13)12-3-5-14-6-4-12/h8-9H,1-7,11H2. The molecular weight excluding hydrogens is 180 g/mol. The van der Waals surface area contributed by atoms with E-state index in [-0.39, 0.29) is 12.0 Å². The second-order valence-corrected chi connectivity index (χ2v) is 4.21. The predicted octanol–water partition coefficient (Wildman–Crippen LogP) is -0.0274. The highest BCUT2D eigenvalue weighted by atomic mass is 16.5. The smallest absolute Gasteiger partial charge is 0.225 e. The van der Waals surface area contributed by atoms with E-state index in [1.165, 1.54) is 0 Å². The van der Waals surface area contributed by atoms with Crippen LogP contribution in [0.5, 0.6) is 0 Å². The molecule has 4 nitrogen and oxygen atoms in total. The lowest BCUT2D eigenvalue weighted by Crippen LogP contribution is -2.43. The number of ether oxygens (including phenoxy) is 1. The van der Waals surface area contributed by atoms with E-state index >= 15 is 0 Å². The van der Waals surface area contributed by atoms with Crippen molar-refractivity contribution in [1.82, 2.24) is 4.90 Å². The number of nitrogens with zero attached hydrogens (tertiary/aromatic N) is 1. The largest absolute Gasteiger partial charge is 0.378 e. The van der Waals surface area contributed by atoms with Crippen LogP contribution in [0.2, 0.25) is 0 Å². The summed E-state index contributed by atoms with van der Waals surface area (Å²) in [5.41, 5.74) is 5.80. The summed E-state index contributed by atoms with van der Waals surface area (Å²) in [6, 6.07) is 0.241. The third kappa shape index (κ3) is 2.07. The van der Waals surface area contributed by atoms with E-state index in [0.29, 0.717) is 19.1 Å². The molecule has 1 amide bonds. The molecule has 0 aromatic rings. The van der Waals surface area contributed by atoms with Gasteiger partial charge in [-0.05, 0) is 19.3 Å². The number of carbonyl (C=O) groups excluding carboxylic acids is 1. The lowest BCUT2D eigenvalue weighted by atomic mass is 10.1. The molecule has 80 valence electrons. The summed E-state index contributed by atoms with van der Waals surface area (Å²) >= 11 is 0. The Morgan fingerprint density at radius 2 is 2.00 bits per heavy atom. The molecule has 2 aliphatic rings. The fourth-order valence-corrected chi connectivity index (χ4v) is 2.28. The van der Waals surface area contributed by atoms with E-state index in [1.807, 2.05) is 4.90 Å². The minimum Gasteiger partial charge on any atom is -0.378 e. The number of rotatable bonds is 1. The highest BCUT2D eigenvalue weighted by Crippen LogP contribution is 2.26. The second kappa shape index (κ2) is 4.28. The van der Waals surface area contributed by atoms with Gasteiger partial charge >= 0.3 is 0 Å². The maximum atomic E-state index is 12.0. The maximum Gasteiger partial charge on any atom is 0.225 e. The first-order chi connectivity index (χ1) is 6.77. The normalized spacial score (nSPS) is 33.4. The highest BCUT2D eigenvalue weighted by molar-refractivity contribution is 5.79. The Morgan fingerprint density at radius 1 is 1.29 bits per heavy atom. The molecule has 0 spiro atoms. The Labute approximate surface area is 84.4 Å². The van der Waals surface area contributed by atoms with Crippen molar-refractivity contribution in [3.8, 4) is 0 Å². The van der Waals surface area contributed by atoms with E-state index in [0.717, 1.165) is 32.4 Å². The zero-order valence-electron chi connectivity index (χ0n) is 8.45. The van der Waals surface area contributed by atoms with Crippen molar-refractivity contribution in [1.29, 1.82) is 0 Å². The number of carbonyl (C=O) groups is 1. The summed E-state index contributed by atoms with van der Waals surface area (Å²) in [4.78, 5) is 13.9. The lowest BCUT2D eigenvalue weighted by Gasteiger charge is -2.29. The van der Waals surface area contributed by atoms with Gasteiger partial charge in [0.15, 0.2) is 0 Å². The predicted molar refractivity (Wildman–Crippen MR) is 52.7 cm³/mol. The van der Waals surface area contributed by atoms with Crippen LogP contribution in [0.25, 0.3) is 0 Å². The van der Waals surface area contributed by atoms with Crippen LogP contribution in [-0.2, 0) is 9.53 Å². The van der Waals surface area contributed by atoms with Crippen LogP contribution in [0.15, 0.2) is 0 Å². The molecule has 0 aromatic heterocycles. The summed E-state index contributed by atoms with van der Waals surface area (Å²) < 4.78 is 5.22. The number of morpholine rings is 1. The minimum atomic E-state index is 0.183. The fourth-order valence-electron chi connectivity index (χ4n) is 2.28. The molecule has 0 radical (unpaired) electrons. The lowest BCUT2D eigenvalue weighted by molar-refractivity contribution is -0.139. The minimum absolute atomic E-state index is 0.183. The Kier molecular flexibility index (Phi) is 3.03. The SMILES string of the molecule is NC1CCC(C(=O)N2CCOCC2)C1. The van der Waals surface area contributed by atoms with Crippen molar-refractivity contribution < 1.29 is 9.53 Å². The molecule has 0 aromatic carbocycles. The maximum absolute atomic E-state index is 12.0. The molecule has 2 rings (SSSR count). The van der Waals surface area contributed by atoms with Gasteiger partial charge in [-0.2, -0.15) is 0 Å². The van der Waals surface area contributed by atoms with E-state index in [9.17, 15) is 4.79 Å². The van der Waals surface area contributed by atoms with Crippen molar-refractivity contribution in [3.63, 3.8) is 0 Å². The van der Waals surface area contributed by atoms with Crippen LogP contribution in [-0.4, -0.2) is 43.2 Å². The molecule has 2 fully saturated rings. The second-order valence-electron chi connectivity index (χ2n) is 4.21. The molecule has 2 atom stereocenters. The summed E-state index contributed by atoms with van der Waals surface area (Å²) in [7, 11) is 0. The third-order valence-electron chi connectivity index (χ3n) is 3.15. The van der Waals surface area contributed by atoms with Crippen molar-refractivity contribution in [2.45, 2.75) is 25.3 Å². The van der Waals surface area contributed by atoms with Crippen molar-refractivity contribution in [3.05, 3.63) is 0 Å². The Morgan fingerprint density at radius 3 is 2.57 bits per heavy atom. The summed E-state index contributed by atoms with van der Waals surface area (Å²) in [5.74, 6) is 0.476. The van der Waals surface area contributed by atoms with Gasteiger partial charge in [-0.1, -0.05) is 0 Å². The molecule has 1 saturated carbocycles. The van der Waals surface area contributed by atoms with E-state index in [1.54, 1.807) is 0 Å². The quantitative estimate of drug-likeness (QED) is 0.644. The van der Waals surface area contributed by atoms with E-state index in [4.69, 9.17) is 10.5 Å². The van der Waals surface area contributed by atoms with E-state index in [2.05, 4.69) is 0 Å². The summed E-state index contributed by atoms with van der Waals surface area (Å²) in [5, 5.41) is 0. The molecule has 0 bridgehead atoms. The molecule has 2 unspecified atom stereocenters. The van der Waals surface area contributed by atoms with Crippen LogP contribution in [0.3, 0.4) is 0 Å². The first kappa shape index (κ1) is 9.93. The third-order valence-corrected chi connectivity index (χ3v) is 3.15. The molecule has 14 heavy (non-hydrogen) atoms. The first-order valence-corrected chi connectivity index (χ1v) is 5.39. The van der Waals surface area contributed by atoms with Gasteiger partial charge < -0.3 is 15.4 Å². The number of amides is 1. The first-order valence-electron chi connectivity index (χ1n) is 5.39.